The van der Waals surface area contributed by atoms with E-state index < -0.39 is 43.1 Å². The number of rotatable bonds is 6. The lowest BCUT2D eigenvalue weighted by Crippen LogP contribution is -2.62. The fourth-order valence-electron chi connectivity index (χ4n) is 0.826. The van der Waals surface area contributed by atoms with Crippen molar-refractivity contribution in [2.24, 2.45) is 0 Å². The third-order valence-electron chi connectivity index (χ3n) is 1.89. The summed E-state index contributed by atoms with van der Waals surface area (Å²) in [4.78, 5) is 0. The van der Waals surface area contributed by atoms with E-state index in [9.17, 15) is 57.1 Å². The third-order valence-corrected chi connectivity index (χ3v) is 1.89. The number of aliphatic hydroxyl groups excluding tert-OH is 1. The van der Waals surface area contributed by atoms with Crippen molar-refractivity contribution in [2.45, 2.75) is 36.5 Å². The van der Waals surface area contributed by atoms with Crippen LogP contribution in [0.2, 0.25) is 0 Å². The van der Waals surface area contributed by atoms with Gasteiger partial charge in [0.2, 0.25) is 0 Å². The minimum atomic E-state index is -7.41. The molecule has 0 aliphatic rings. The van der Waals surface area contributed by atoms with E-state index in [0.717, 1.165) is 0 Å². The molecule has 140 valence electrons. The van der Waals surface area contributed by atoms with Crippen LogP contribution in [-0.4, -0.2) is 48.2 Å². The van der Waals surface area contributed by atoms with Gasteiger partial charge in [0.05, 0.1) is 0 Å². The van der Waals surface area contributed by atoms with Crippen molar-refractivity contribution in [3.63, 3.8) is 0 Å². The summed E-state index contributed by atoms with van der Waals surface area (Å²) < 4.78 is 162. The first kappa shape index (κ1) is 22.0. The molecule has 3 nitrogen and oxygen atoms in total. The predicted octanol–water partition coefficient (Wildman–Crippen LogP) is 3.58. The smallest absolute Gasteiger partial charge is 0.390 e. The molecule has 0 heterocycles. The summed E-state index contributed by atoms with van der Waals surface area (Å²) in [6, 6.07) is 0. The molecule has 0 aliphatic heterocycles. The second-order valence-electron chi connectivity index (χ2n) is 3.64. The van der Waals surface area contributed by atoms with Gasteiger partial charge in [-0.15, -0.1) is 13.2 Å². The van der Waals surface area contributed by atoms with Gasteiger partial charge >= 0.3 is 36.5 Å². The molecule has 0 aliphatic carbocycles. The van der Waals surface area contributed by atoms with E-state index in [4.69, 9.17) is 5.11 Å². The number of aliphatic hydroxyl groups is 1. The Balaban J connectivity index is 5.71. The van der Waals surface area contributed by atoms with Gasteiger partial charge in [-0.25, -0.2) is 4.74 Å². The van der Waals surface area contributed by atoms with E-state index in [1.54, 1.807) is 0 Å². The van der Waals surface area contributed by atoms with Crippen molar-refractivity contribution >= 4 is 0 Å². The largest absolute Gasteiger partial charge is 0.527 e. The molecule has 0 aromatic rings. The molecule has 0 fully saturated rings. The van der Waals surface area contributed by atoms with Gasteiger partial charge in [0.1, 0.15) is 6.61 Å². The Hall–Kier alpha value is -1.03. The first-order valence-corrected chi connectivity index (χ1v) is 4.69. The average Bonchev–Trinajstić information content (AvgIpc) is 2.22. The number of alkyl halides is 13. The van der Waals surface area contributed by atoms with E-state index in [1.807, 2.05) is 4.74 Å². The summed E-state index contributed by atoms with van der Waals surface area (Å²) in [7, 11) is 0. The summed E-state index contributed by atoms with van der Waals surface area (Å²) in [6.45, 7) is -3.09. The highest BCUT2D eigenvalue weighted by Gasteiger charge is 2.79. The maximum atomic E-state index is 12.9. The maximum Gasteiger partial charge on any atom is 0.527 e. The minimum absolute atomic E-state index is 1.40. The van der Waals surface area contributed by atoms with E-state index in [2.05, 4.69) is 0 Å². The standard InChI is InChI=1S/C7H3F13O3/c8-2(1-21,4(11,12)13)22-5(14,15)3(9,10)6(16,17)23-7(18,19)20/h21H,1H2. The Morgan fingerprint density at radius 3 is 1.22 bits per heavy atom. The van der Waals surface area contributed by atoms with Gasteiger partial charge in [0, 0.05) is 0 Å². The van der Waals surface area contributed by atoms with Gasteiger partial charge in [-0.05, 0) is 0 Å². The zero-order chi connectivity index (χ0) is 19.1. The highest BCUT2D eigenvalue weighted by molar-refractivity contribution is 4.90. The van der Waals surface area contributed by atoms with Crippen LogP contribution in [0, 0.1) is 0 Å². The Bertz CT molecular complexity index is 413. The van der Waals surface area contributed by atoms with Gasteiger partial charge in [0.25, 0.3) is 0 Å². The minimum Gasteiger partial charge on any atom is -0.390 e. The maximum absolute atomic E-state index is 12.9. The molecular weight excluding hydrogens is 379 g/mol. The van der Waals surface area contributed by atoms with E-state index in [1.165, 1.54) is 4.74 Å². The first-order valence-electron chi connectivity index (χ1n) is 4.69. The zero-order valence-corrected chi connectivity index (χ0v) is 9.88. The number of hydrogen-bond acceptors (Lipinski definition) is 3. The van der Waals surface area contributed by atoms with Gasteiger partial charge in [0.15, 0.2) is 0 Å². The lowest BCUT2D eigenvalue weighted by atomic mass is 10.2. The van der Waals surface area contributed by atoms with Crippen molar-refractivity contribution < 1.29 is 71.7 Å². The lowest BCUT2D eigenvalue weighted by Gasteiger charge is -2.35. The van der Waals surface area contributed by atoms with Crippen LogP contribution in [0.25, 0.3) is 0 Å². The molecule has 1 unspecified atom stereocenters. The van der Waals surface area contributed by atoms with Crippen molar-refractivity contribution in [2.75, 3.05) is 6.61 Å². The van der Waals surface area contributed by atoms with Crippen molar-refractivity contribution in [3.8, 4) is 0 Å². The second-order valence-corrected chi connectivity index (χ2v) is 3.64. The summed E-state index contributed by atoms with van der Waals surface area (Å²) >= 11 is 0. The topological polar surface area (TPSA) is 38.7 Å². The van der Waals surface area contributed by atoms with Crippen molar-refractivity contribution in [1.82, 2.24) is 0 Å². The van der Waals surface area contributed by atoms with Crippen LogP contribution in [0.1, 0.15) is 0 Å². The van der Waals surface area contributed by atoms with Crippen LogP contribution >= 0.6 is 0 Å². The molecular formula is C7H3F13O3. The van der Waals surface area contributed by atoms with Crippen LogP contribution < -0.4 is 0 Å². The van der Waals surface area contributed by atoms with Gasteiger partial charge < -0.3 is 5.11 Å². The monoisotopic (exact) mass is 382 g/mol. The van der Waals surface area contributed by atoms with E-state index in [0.29, 0.717) is 0 Å². The van der Waals surface area contributed by atoms with Crippen LogP contribution in [0.15, 0.2) is 0 Å². The predicted molar refractivity (Wildman–Crippen MR) is 40.0 cm³/mol. The molecule has 0 aromatic carbocycles. The molecule has 0 amide bonds. The molecule has 0 bridgehead atoms. The van der Waals surface area contributed by atoms with Crippen LogP contribution in [0.5, 0.6) is 0 Å². The quantitative estimate of drug-likeness (QED) is 0.714. The SMILES string of the molecule is OCC(F)(OC(F)(F)C(F)(F)C(F)(F)OC(F)(F)F)C(F)(F)F. The Kier molecular flexibility index (Phi) is 5.54. The molecule has 0 radical (unpaired) electrons. The molecule has 0 saturated heterocycles. The summed E-state index contributed by atoms with van der Waals surface area (Å²) in [5.41, 5.74) is 0. The molecule has 1 N–H and O–H groups in total. The summed E-state index contributed by atoms with van der Waals surface area (Å²) in [6.07, 6.45) is -27.6. The summed E-state index contributed by atoms with van der Waals surface area (Å²) in [5.74, 6) is -13.4. The molecule has 0 spiro atoms. The van der Waals surface area contributed by atoms with Crippen LogP contribution in [0.4, 0.5) is 57.1 Å². The van der Waals surface area contributed by atoms with E-state index >= 15 is 0 Å². The Morgan fingerprint density at radius 1 is 0.609 bits per heavy atom. The zero-order valence-electron chi connectivity index (χ0n) is 9.88. The average molecular weight is 382 g/mol. The summed E-state index contributed by atoms with van der Waals surface area (Å²) in [5, 5.41) is 7.94. The molecule has 0 saturated carbocycles. The third kappa shape index (κ3) is 4.50. The lowest BCUT2D eigenvalue weighted by molar-refractivity contribution is -0.528. The van der Waals surface area contributed by atoms with Crippen LogP contribution in [-0.2, 0) is 9.47 Å². The molecule has 0 rings (SSSR count). The number of hydrogen-bond donors (Lipinski definition) is 1. The molecule has 16 heteroatoms. The molecule has 23 heavy (non-hydrogen) atoms. The Morgan fingerprint density at radius 2 is 0.957 bits per heavy atom. The molecule has 1 atom stereocenters. The van der Waals surface area contributed by atoms with Crippen molar-refractivity contribution in [1.29, 1.82) is 0 Å². The highest BCUT2D eigenvalue weighted by Crippen LogP contribution is 2.52. The first-order chi connectivity index (χ1) is 9.72. The fraction of sp³-hybridized carbons (Fsp3) is 1.00. The normalized spacial score (nSPS) is 18.0. The van der Waals surface area contributed by atoms with Gasteiger partial charge in [-0.1, -0.05) is 0 Å². The fourth-order valence-corrected chi connectivity index (χ4v) is 0.826. The Labute approximate surface area is 116 Å². The molecule has 0 aromatic heterocycles. The van der Waals surface area contributed by atoms with Gasteiger partial charge in [-0.2, -0.15) is 43.9 Å². The highest BCUT2D eigenvalue weighted by atomic mass is 19.4. The van der Waals surface area contributed by atoms with Gasteiger partial charge in [-0.3, -0.25) is 4.74 Å². The number of ether oxygens (including phenoxy) is 2. The van der Waals surface area contributed by atoms with Crippen molar-refractivity contribution in [3.05, 3.63) is 0 Å². The van der Waals surface area contributed by atoms with E-state index in [-0.39, 0.29) is 0 Å². The number of halogens is 13. The second kappa shape index (κ2) is 5.80. The van der Waals surface area contributed by atoms with Crippen LogP contribution in [0.3, 0.4) is 0 Å².